The molecule has 1 fully saturated rings. The highest BCUT2D eigenvalue weighted by Crippen LogP contribution is 2.19. The lowest BCUT2D eigenvalue weighted by Crippen LogP contribution is -2.49. The smallest absolute Gasteiger partial charge is 0.308 e. The SMILES string of the molecule is COC(=O)C1CCN(C(=NCc2ccc(Br)cc2)NCC(=O)N(C)C)CC1. The number of methoxy groups -OCH3 is 1. The number of rotatable bonds is 5. The molecule has 0 saturated carbocycles. The molecule has 1 aromatic rings. The number of likely N-dealkylation sites (tertiary alicyclic amines) is 1. The van der Waals surface area contributed by atoms with E-state index in [-0.39, 0.29) is 24.3 Å². The van der Waals surface area contributed by atoms with E-state index < -0.39 is 0 Å². The lowest BCUT2D eigenvalue weighted by Gasteiger charge is -2.33. The summed E-state index contributed by atoms with van der Waals surface area (Å²) in [4.78, 5) is 32.0. The summed E-state index contributed by atoms with van der Waals surface area (Å²) in [5, 5.41) is 3.17. The van der Waals surface area contributed by atoms with E-state index in [9.17, 15) is 9.59 Å². The second-order valence-electron chi connectivity index (χ2n) is 6.69. The molecule has 1 aromatic carbocycles. The van der Waals surface area contributed by atoms with Crippen LogP contribution in [0.2, 0.25) is 0 Å². The third kappa shape index (κ3) is 6.53. The molecule has 7 nitrogen and oxygen atoms in total. The van der Waals surface area contributed by atoms with Gasteiger partial charge in [0.25, 0.3) is 0 Å². The molecule has 0 bridgehead atoms. The number of benzene rings is 1. The zero-order chi connectivity index (χ0) is 19.8. The topological polar surface area (TPSA) is 74.2 Å². The van der Waals surface area contributed by atoms with Crippen molar-refractivity contribution < 1.29 is 14.3 Å². The van der Waals surface area contributed by atoms with Crippen molar-refractivity contribution in [2.24, 2.45) is 10.9 Å². The number of nitrogens with one attached hydrogen (secondary N) is 1. The quantitative estimate of drug-likeness (QED) is 0.431. The highest BCUT2D eigenvalue weighted by molar-refractivity contribution is 9.10. The average Bonchev–Trinajstić information content (AvgIpc) is 2.68. The van der Waals surface area contributed by atoms with Gasteiger partial charge in [-0.1, -0.05) is 28.1 Å². The first-order valence-corrected chi connectivity index (χ1v) is 9.75. The van der Waals surface area contributed by atoms with Crippen LogP contribution in [0.25, 0.3) is 0 Å². The summed E-state index contributed by atoms with van der Waals surface area (Å²) in [6.07, 6.45) is 1.43. The Labute approximate surface area is 168 Å². The Morgan fingerprint density at radius 2 is 1.89 bits per heavy atom. The van der Waals surface area contributed by atoms with Gasteiger partial charge in [-0.3, -0.25) is 9.59 Å². The van der Waals surface area contributed by atoms with Crippen LogP contribution in [0.5, 0.6) is 0 Å². The van der Waals surface area contributed by atoms with Crippen molar-refractivity contribution in [2.75, 3.05) is 40.8 Å². The zero-order valence-electron chi connectivity index (χ0n) is 16.1. The van der Waals surface area contributed by atoms with Crippen molar-refractivity contribution in [3.05, 3.63) is 34.3 Å². The Hall–Kier alpha value is -2.09. The fourth-order valence-corrected chi connectivity index (χ4v) is 3.09. The van der Waals surface area contributed by atoms with Gasteiger partial charge in [-0.15, -0.1) is 0 Å². The maximum absolute atomic E-state index is 11.9. The molecular formula is C19H27BrN4O3. The predicted octanol–water partition coefficient (Wildman–Crippen LogP) is 1.87. The van der Waals surface area contributed by atoms with Crippen LogP contribution in [-0.4, -0.2) is 68.5 Å². The molecule has 0 atom stereocenters. The van der Waals surface area contributed by atoms with E-state index in [0.29, 0.717) is 38.4 Å². The summed E-state index contributed by atoms with van der Waals surface area (Å²) >= 11 is 3.43. The fourth-order valence-electron chi connectivity index (χ4n) is 2.83. The molecular weight excluding hydrogens is 412 g/mol. The lowest BCUT2D eigenvalue weighted by atomic mass is 9.97. The number of hydrogen-bond donors (Lipinski definition) is 1. The molecule has 1 aliphatic rings. The molecule has 0 aliphatic carbocycles. The first-order chi connectivity index (χ1) is 12.9. The van der Waals surface area contributed by atoms with Gasteiger partial charge in [0.15, 0.2) is 5.96 Å². The third-order valence-electron chi connectivity index (χ3n) is 4.55. The van der Waals surface area contributed by atoms with Crippen LogP contribution in [0.3, 0.4) is 0 Å². The summed E-state index contributed by atoms with van der Waals surface area (Å²) in [7, 11) is 4.88. The molecule has 0 unspecified atom stereocenters. The minimum Gasteiger partial charge on any atom is -0.469 e. The first kappa shape index (κ1) is 21.2. The summed E-state index contributed by atoms with van der Waals surface area (Å²) in [6, 6.07) is 7.99. The van der Waals surface area contributed by atoms with Gasteiger partial charge in [0, 0.05) is 31.7 Å². The van der Waals surface area contributed by atoms with Crippen molar-refractivity contribution in [3.63, 3.8) is 0 Å². The monoisotopic (exact) mass is 438 g/mol. The molecule has 1 N–H and O–H groups in total. The van der Waals surface area contributed by atoms with E-state index in [2.05, 4.69) is 26.1 Å². The standard InChI is InChI=1S/C19H27BrN4O3/c1-23(2)17(25)13-22-19(21-12-14-4-6-16(20)7-5-14)24-10-8-15(9-11-24)18(26)27-3/h4-7,15H,8-13H2,1-3H3,(H,21,22). The number of piperidine rings is 1. The zero-order valence-corrected chi connectivity index (χ0v) is 17.7. The van der Waals surface area contributed by atoms with Crippen LogP contribution in [0.4, 0.5) is 0 Å². The van der Waals surface area contributed by atoms with Gasteiger partial charge < -0.3 is 19.9 Å². The Balaban J connectivity index is 2.05. The maximum Gasteiger partial charge on any atom is 0.308 e. The summed E-state index contributed by atoms with van der Waals surface area (Å²) < 4.78 is 5.87. The van der Waals surface area contributed by atoms with E-state index in [0.717, 1.165) is 10.0 Å². The van der Waals surface area contributed by atoms with Gasteiger partial charge in [0.05, 0.1) is 26.1 Å². The molecule has 0 spiro atoms. The Kier molecular flexibility index (Phi) is 8.09. The molecule has 1 aliphatic heterocycles. The second-order valence-corrected chi connectivity index (χ2v) is 7.61. The number of carbonyl (C=O) groups is 2. The second kappa shape index (κ2) is 10.3. The fraction of sp³-hybridized carbons (Fsp3) is 0.526. The van der Waals surface area contributed by atoms with Gasteiger partial charge in [-0.25, -0.2) is 4.99 Å². The molecule has 2 rings (SSSR count). The van der Waals surface area contributed by atoms with Crippen molar-refractivity contribution in [1.82, 2.24) is 15.1 Å². The first-order valence-electron chi connectivity index (χ1n) is 8.96. The number of carbonyl (C=O) groups excluding carboxylic acids is 2. The number of esters is 1. The number of amides is 1. The lowest BCUT2D eigenvalue weighted by molar-refractivity contribution is -0.146. The summed E-state index contributed by atoms with van der Waals surface area (Å²) in [5.74, 6) is 0.452. The summed E-state index contributed by atoms with van der Waals surface area (Å²) in [6.45, 7) is 2.09. The van der Waals surface area contributed by atoms with E-state index in [4.69, 9.17) is 9.73 Å². The number of halogens is 1. The maximum atomic E-state index is 11.9. The normalized spacial score (nSPS) is 15.4. The van der Waals surface area contributed by atoms with Crippen LogP contribution in [0.1, 0.15) is 18.4 Å². The van der Waals surface area contributed by atoms with E-state index in [1.165, 1.54) is 7.11 Å². The van der Waals surface area contributed by atoms with Crippen LogP contribution in [0, 0.1) is 5.92 Å². The molecule has 1 heterocycles. The summed E-state index contributed by atoms with van der Waals surface area (Å²) in [5.41, 5.74) is 1.08. The van der Waals surface area contributed by atoms with Crippen LogP contribution in [-0.2, 0) is 20.9 Å². The van der Waals surface area contributed by atoms with E-state index in [1.807, 2.05) is 24.3 Å². The molecule has 0 radical (unpaired) electrons. The molecule has 148 valence electrons. The number of guanidine groups is 1. The van der Waals surface area contributed by atoms with Gasteiger partial charge >= 0.3 is 5.97 Å². The highest BCUT2D eigenvalue weighted by atomic mass is 79.9. The number of nitrogens with zero attached hydrogens (tertiary/aromatic N) is 3. The molecule has 1 amide bonds. The van der Waals surface area contributed by atoms with Crippen LogP contribution >= 0.6 is 15.9 Å². The van der Waals surface area contributed by atoms with Gasteiger partial charge in [-0.2, -0.15) is 0 Å². The molecule has 0 aromatic heterocycles. The Morgan fingerprint density at radius 3 is 2.44 bits per heavy atom. The number of aliphatic imine (C=N–C) groups is 1. The Bertz CT molecular complexity index is 668. The average molecular weight is 439 g/mol. The molecule has 8 heteroatoms. The van der Waals surface area contributed by atoms with Crippen molar-refractivity contribution in [1.29, 1.82) is 0 Å². The third-order valence-corrected chi connectivity index (χ3v) is 5.08. The van der Waals surface area contributed by atoms with E-state index in [1.54, 1.807) is 19.0 Å². The predicted molar refractivity (Wildman–Crippen MR) is 108 cm³/mol. The van der Waals surface area contributed by atoms with Crippen molar-refractivity contribution in [2.45, 2.75) is 19.4 Å². The number of hydrogen-bond acceptors (Lipinski definition) is 4. The molecule has 1 saturated heterocycles. The van der Waals surface area contributed by atoms with Crippen molar-refractivity contribution >= 4 is 33.8 Å². The van der Waals surface area contributed by atoms with Gasteiger partial charge in [-0.05, 0) is 30.5 Å². The number of likely N-dealkylation sites (N-methyl/N-ethyl adjacent to an activating group) is 1. The minimum absolute atomic E-state index is 0.0178. The van der Waals surface area contributed by atoms with E-state index >= 15 is 0 Å². The molecule has 27 heavy (non-hydrogen) atoms. The van der Waals surface area contributed by atoms with Crippen molar-refractivity contribution in [3.8, 4) is 0 Å². The van der Waals surface area contributed by atoms with Gasteiger partial charge in [0.2, 0.25) is 5.91 Å². The Morgan fingerprint density at radius 1 is 1.26 bits per heavy atom. The van der Waals surface area contributed by atoms with Crippen LogP contribution in [0.15, 0.2) is 33.7 Å². The largest absolute Gasteiger partial charge is 0.469 e. The van der Waals surface area contributed by atoms with Gasteiger partial charge in [0.1, 0.15) is 0 Å². The highest BCUT2D eigenvalue weighted by Gasteiger charge is 2.27. The minimum atomic E-state index is -0.154. The number of ether oxygens (including phenoxy) is 1. The van der Waals surface area contributed by atoms with Crippen LogP contribution < -0.4 is 5.32 Å².